The first kappa shape index (κ1) is 18.0. The Morgan fingerprint density at radius 3 is 2.77 bits per heavy atom. The van der Waals surface area contributed by atoms with Crippen LogP contribution in [0.3, 0.4) is 0 Å². The molecule has 0 atom stereocenters. The van der Waals surface area contributed by atoms with Gasteiger partial charge in [-0.15, -0.1) is 0 Å². The van der Waals surface area contributed by atoms with Gasteiger partial charge < -0.3 is 18.6 Å². The molecule has 0 saturated carbocycles. The van der Waals surface area contributed by atoms with Gasteiger partial charge >= 0.3 is 5.97 Å². The third-order valence-corrected chi connectivity index (χ3v) is 4.37. The fourth-order valence-electron chi connectivity index (χ4n) is 3.03. The van der Waals surface area contributed by atoms with Crippen LogP contribution in [-0.2, 0) is 16.1 Å². The molecular formula is C19H22N2O5. The van der Waals surface area contributed by atoms with Gasteiger partial charge in [0.05, 0.1) is 18.5 Å². The number of furan rings is 1. The Morgan fingerprint density at radius 2 is 2.15 bits per heavy atom. The van der Waals surface area contributed by atoms with E-state index in [1.54, 1.807) is 31.1 Å². The van der Waals surface area contributed by atoms with Crippen LogP contribution in [-0.4, -0.2) is 28.5 Å². The SMILES string of the molecule is Cc1noc(C)c1C(=O)OCC(=O)N(Cc1ccco1)C1=CCCCC1. The molecule has 1 aliphatic carbocycles. The highest BCUT2D eigenvalue weighted by Gasteiger charge is 2.24. The first-order valence-corrected chi connectivity index (χ1v) is 8.68. The Balaban J connectivity index is 1.69. The molecule has 26 heavy (non-hydrogen) atoms. The second-order valence-corrected chi connectivity index (χ2v) is 6.28. The average Bonchev–Trinajstić information content (AvgIpc) is 3.28. The van der Waals surface area contributed by atoms with E-state index in [2.05, 4.69) is 11.2 Å². The number of amides is 1. The van der Waals surface area contributed by atoms with Crippen LogP contribution < -0.4 is 0 Å². The maximum atomic E-state index is 12.7. The first-order valence-electron chi connectivity index (χ1n) is 8.68. The zero-order valence-corrected chi connectivity index (χ0v) is 15.0. The molecular weight excluding hydrogens is 336 g/mol. The molecule has 0 radical (unpaired) electrons. The maximum Gasteiger partial charge on any atom is 0.344 e. The van der Waals surface area contributed by atoms with Crippen LogP contribution in [0.15, 0.2) is 39.1 Å². The molecule has 0 unspecified atom stereocenters. The van der Waals surface area contributed by atoms with Crippen molar-refractivity contribution < 1.29 is 23.3 Å². The Labute approximate surface area is 151 Å². The van der Waals surface area contributed by atoms with Gasteiger partial charge in [-0.3, -0.25) is 4.79 Å². The first-order chi connectivity index (χ1) is 12.6. The molecule has 1 aliphatic rings. The summed E-state index contributed by atoms with van der Waals surface area (Å²) in [5.41, 5.74) is 1.67. The lowest BCUT2D eigenvalue weighted by Crippen LogP contribution is -2.34. The Kier molecular flexibility index (Phi) is 5.55. The summed E-state index contributed by atoms with van der Waals surface area (Å²) in [4.78, 5) is 26.6. The fraction of sp³-hybridized carbons (Fsp3) is 0.421. The van der Waals surface area contributed by atoms with Gasteiger partial charge in [0.2, 0.25) is 0 Å². The summed E-state index contributed by atoms with van der Waals surface area (Å²) in [6.07, 6.45) is 7.56. The van der Waals surface area contributed by atoms with Gasteiger partial charge in [0.25, 0.3) is 5.91 Å². The zero-order valence-electron chi connectivity index (χ0n) is 15.0. The van der Waals surface area contributed by atoms with Gasteiger partial charge in [0, 0.05) is 5.70 Å². The van der Waals surface area contributed by atoms with Crippen molar-refractivity contribution in [1.29, 1.82) is 0 Å². The second-order valence-electron chi connectivity index (χ2n) is 6.28. The summed E-state index contributed by atoms with van der Waals surface area (Å²) in [5.74, 6) is 0.170. The Bertz CT molecular complexity index is 785. The van der Waals surface area contributed by atoms with Gasteiger partial charge in [-0.05, 0) is 51.7 Å². The predicted octanol–water partition coefficient (Wildman–Crippen LogP) is 3.53. The highest BCUT2D eigenvalue weighted by atomic mass is 16.5. The number of aryl methyl sites for hydroxylation is 2. The normalized spacial score (nSPS) is 14.0. The number of hydrogen-bond donors (Lipinski definition) is 0. The monoisotopic (exact) mass is 358 g/mol. The number of rotatable bonds is 6. The minimum atomic E-state index is -0.606. The molecule has 0 aliphatic heterocycles. The summed E-state index contributed by atoms with van der Waals surface area (Å²) >= 11 is 0. The van der Waals surface area contributed by atoms with Crippen LogP contribution in [0.4, 0.5) is 0 Å². The Hall–Kier alpha value is -2.83. The lowest BCUT2D eigenvalue weighted by Gasteiger charge is -2.26. The molecule has 0 aromatic carbocycles. The molecule has 0 saturated heterocycles. The summed E-state index contributed by atoms with van der Waals surface area (Å²) < 4.78 is 15.6. The van der Waals surface area contributed by atoms with Gasteiger partial charge in [-0.2, -0.15) is 0 Å². The predicted molar refractivity (Wildman–Crippen MR) is 92.1 cm³/mol. The zero-order chi connectivity index (χ0) is 18.5. The maximum absolute atomic E-state index is 12.7. The van der Waals surface area contributed by atoms with Crippen molar-refractivity contribution in [2.75, 3.05) is 6.61 Å². The van der Waals surface area contributed by atoms with Crippen LogP contribution >= 0.6 is 0 Å². The number of ether oxygens (including phenoxy) is 1. The molecule has 3 rings (SSSR count). The van der Waals surface area contributed by atoms with E-state index in [0.717, 1.165) is 31.4 Å². The molecule has 2 aromatic heterocycles. The van der Waals surface area contributed by atoms with E-state index in [-0.39, 0.29) is 18.1 Å². The van der Waals surface area contributed by atoms with Crippen molar-refractivity contribution in [1.82, 2.24) is 10.1 Å². The van der Waals surface area contributed by atoms with E-state index in [1.807, 2.05) is 6.07 Å². The number of aromatic nitrogens is 1. The van der Waals surface area contributed by atoms with E-state index in [4.69, 9.17) is 13.7 Å². The summed E-state index contributed by atoms with van der Waals surface area (Å²) in [7, 11) is 0. The van der Waals surface area contributed by atoms with Crippen molar-refractivity contribution in [2.24, 2.45) is 0 Å². The van der Waals surface area contributed by atoms with Crippen molar-refractivity contribution in [2.45, 2.75) is 46.1 Å². The minimum absolute atomic E-state index is 0.271. The van der Waals surface area contributed by atoms with Crippen LogP contribution in [0.1, 0.15) is 53.3 Å². The molecule has 138 valence electrons. The lowest BCUT2D eigenvalue weighted by atomic mass is 10.0. The third kappa shape index (κ3) is 4.04. The largest absolute Gasteiger partial charge is 0.467 e. The topological polar surface area (TPSA) is 85.8 Å². The highest BCUT2D eigenvalue weighted by molar-refractivity contribution is 5.93. The summed E-state index contributed by atoms with van der Waals surface area (Å²) in [6.45, 7) is 3.26. The van der Waals surface area contributed by atoms with Crippen LogP contribution in [0, 0.1) is 13.8 Å². The van der Waals surface area contributed by atoms with E-state index in [1.165, 1.54) is 0 Å². The van der Waals surface area contributed by atoms with Gasteiger partial charge in [0.1, 0.15) is 17.1 Å². The van der Waals surface area contributed by atoms with Crippen molar-refractivity contribution in [3.8, 4) is 0 Å². The number of hydrogen-bond acceptors (Lipinski definition) is 6. The van der Waals surface area contributed by atoms with Crippen LogP contribution in [0.25, 0.3) is 0 Å². The molecule has 2 heterocycles. The van der Waals surface area contributed by atoms with Crippen molar-refractivity contribution >= 4 is 11.9 Å². The molecule has 0 spiro atoms. The molecule has 0 N–H and O–H groups in total. The van der Waals surface area contributed by atoms with Crippen molar-refractivity contribution in [3.63, 3.8) is 0 Å². The quantitative estimate of drug-likeness (QED) is 0.734. The van der Waals surface area contributed by atoms with E-state index < -0.39 is 5.97 Å². The van der Waals surface area contributed by atoms with Gasteiger partial charge in [-0.1, -0.05) is 11.2 Å². The van der Waals surface area contributed by atoms with E-state index in [9.17, 15) is 9.59 Å². The van der Waals surface area contributed by atoms with Gasteiger partial charge in [-0.25, -0.2) is 4.79 Å². The lowest BCUT2D eigenvalue weighted by molar-refractivity contribution is -0.133. The molecule has 0 fully saturated rings. The van der Waals surface area contributed by atoms with Crippen molar-refractivity contribution in [3.05, 3.63) is 52.9 Å². The van der Waals surface area contributed by atoms with Crippen LogP contribution in [0.2, 0.25) is 0 Å². The standard InChI is InChI=1S/C19H22N2O5/c1-13-18(14(2)26-20-13)19(23)25-12-17(22)21(11-16-9-6-10-24-16)15-7-4-3-5-8-15/h6-7,9-10H,3-5,8,11-12H2,1-2H3. The molecule has 7 heteroatoms. The highest BCUT2D eigenvalue weighted by Crippen LogP contribution is 2.23. The molecule has 7 nitrogen and oxygen atoms in total. The average molecular weight is 358 g/mol. The van der Waals surface area contributed by atoms with Gasteiger partial charge in [0.15, 0.2) is 6.61 Å². The number of carbonyl (C=O) groups is 2. The fourth-order valence-corrected chi connectivity index (χ4v) is 3.03. The Morgan fingerprint density at radius 1 is 1.31 bits per heavy atom. The number of allylic oxidation sites excluding steroid dienone is 2. The molecule has 1 amide bonds. The second kappa shape index (κ2) is 8.03. The molecule has 2 aromatic rings. The van der Waals surface area contributed by atoms with E-state index >= 15 is 0 Å². The number of nitrogens with zero attached hydrogens (tertiary/aromatic N) is 2. The summed E-state index contributed by atoms with van der Waals surface area (Å²) in [5, 5.41) is 3.73. The van der Waals surface area contributed by atoms with Crippen LogP contribution in [0.5, 0.6) is 0 Å². The minimum Gasteiger partial charge on any atom is -0.467 e. The number of carbonyl (C=O) groups excluding carboxylic acids is 2. The third-order valence-electron chi connectivity index (χ3n) is 4.37. The smallest absolute Gasteiger partial charge is 0.344 e. The van der Waals surface area contributed by atoms with E-state index in [0.29, 0.717) is 23.8 Å². The molecule has 0 bridgehead atoms. The number of esters is 1. The summed E-state index contributed by atoms with van der Waals surface area (Å²) in [6, 6.07) is 3.60.